The SMILES string of the molecule is NC(=S)c1ccc(S(=O)(=O)NCCc2ncno2)cc1Cl. The van der Waals surface area contributed by atoms with E-state index in [0.29, 0.717) is 11.5 Å². The van der Waals surface area contributed by atoms with Gasteiger partial charge in [-0.05, 0) is 18.2 Å². The van der Waals surface area contributed by atoms with Crippen LogP contribution in [0.5, 0.6) is 0 Å². The van der Waals surface area contributed by atoms with Crippen LogP contribution >= 0.6 is 23.8 Å². The van der Waals surface area contributed by atoms with E-state index in [0.717, 1.165) is 0 Å². The summed E-state index contributed by atoms with van der Waals surface area (Å²) >= 11 is 10.8. The number of nitrogens with zero attached hydrogens (tertiary/aromatic N) is 2. The molecule has 2 aromatic rings. The second kappa shape index (κ2) is 6.48. The number of aromatic nitrogens is 2. The smallest absolute Gasteiger partial charge is 0.240 e. The van der Waals surface area contributed by atoms with Crippen LogP contribution in [0.1, 0.15) is 11.5 Å². The molecule has 0 unspecified atom stereocenters. The summed E-state index contributed by atoms with van der Waals surface area (Å²) in [6.45, 7) is 0.124. The molecule has 112 valence electrons. The number of benzene rings is 1. The van der Waals surface area contributed by atoms with Crippen LogP contribution < -0.4 is 10.5 Å². The first kappa shape index (κ1) is 15.8. The highest BCUT2D eigenvalue weighted by Gasteiger charge is 2.16. The molecule has 0 aliphatic heterocycles. The Morgan fingerprint density at radius 2 is 2.24 bits per heavy atom. The fourth-order valence-electron chi connectivity index (χ4n) is 1.54. The lowest BCUT2D eigenvalue weighted by Gasteiger charge is -2.08. The van der Waals surface area contributed by atoms with Crippen LogP contribution in [0.3, 0.4) is 0 Å². The molecule has 21 heavy (non-hydrogen) atoms. The van der Waals surface area contributed by atoms with Gasteiger partial charge in [0.25, 0.3) is 0 Å². The molecule has 0 bridgehead atoms. The van der Waals surface area contributed by atoms with Crippen LogP contribution in [0.2, 0.25) is 5.02 Å². The molecule has 2 rings (SSSR count). The van der Waals surface area contributed by atoms with Crippen molar-refractivity contribution in [2.24, 2.45) is 5.73 Å². The topological polar surface area (TPSA) is 111 Å². The van der Waals surface area contributed by atoms with E-state index in [9.17, 15) is 8.42 Å². The van der Waals surface area contributed by atoms with Gasteiger partial charge < -0.3 is 10.3 Å². The zero-order valence-electron chi connectivity index (χ0n) is 10.6. The molecule has 1 aromatic heterocycles. The van der Waals surface area contributed by atoms with Crippen molar-refractivity contribution in [2.45, 2.75) is 11.3 Å². The van der Waals surface area contributed by atoms with Crippen LogP contribution in [0, 0.1) is 0 Å². The van der Waals surface area contributed by atoms with E-state index < -0.39 is 10.0 Å². The molecule has 0 aliphatic rings. The Morgan fingerprint density at radius 3 is 2.81 bits per heavy atom. The molecule has 0 aliphatic carbocycles. The Kier molecular flexibility index (Phi) is 4.88. The van der Waals surface area contributed by atoms with E-state index in [4.69, 9.17) is 34.1 Å². The van der Waals surface area contributed by atoms with Gasteiger partial charge >= 0.3 is 0 Å². The number of thiocarbonyl (C=S) groups is 1. The van der Waals surface area contributed by atoms with Gasteiger partial charge in [0.15, 0.2) is 6.33 Å². The van der Waals surface area contributed by atoms with Crippen molar-refractivity contribution in [3.63, 3.8) is 0 Å². The number of rotatable bonds is 6. The van der Waals surface area contributed by atoms with Crippen molar-refractivity contribution in [1.29, 1.82) is 0 Å². The maximum absolute atomic E-state index is 12.1. The Morgan fingerprint density at radius 1 is 1.48 bits per heavy atom. The van der Waals surface area contributed by atoms with E-state index >= 15 is 0 Å². The van der Waals surface area contributed by atoms with Gasteiger partial charge in [-0.1, -0.05) is 29.0 Å². The molecule has 0 saturated carbocycles. The first-order chi connectivity index (χ1) is 9.90. The van der Waals surface area contributed by atoms with E-state index in [-0.39, 0.29) is 27.9 Å². The average molecular weight is 347 g/mol. The quantitative estimate of drug-likeness (QED) is 0.747. The molecular formula is C11H11ClN4O3S2. The average Bonchev–Trinajstić information content (AvgIpc) is 2.91. The minimum atomic E-state index is -3.69. The monoisotopic (exact) mass is 346 g/mol. The molecule has 1 heterocycles. The van der Waals surface area contributed by atoms with Crippen LogP contribution in [0.15, 0.2) is 33.9 Å². The zero-order valence-corrected chi connectivity index (χ0v) is 13.0. The fraction of sp³-hybridized carbons (Fsp3) is 0.182. The molecular weight excluding hydrogens is 336 g/mol. The van der Waals surface area contributed by atoms with Crippen molar-refractivity contribution < 1.29 is 12.9 Å². The Hall–Kier alpha value is -1.55. The van der Waals surface area contributed by atoms with Crippen LogP contribution in [0.4, 0.5) is 0 Å². The maximum Gasteiger partial charge on any atom is 0.240 e. The molecule has 0 fully saturated rings. The van der Waals surface area contributed by atoms with Crippen LogP contribution in [0.25, 0.3) is 0 Å². The van der Waals surface area contributed by atoms with Gasteiger partial charge in [-0.2, -0.15) is 4.98 Å². The van der Waals surface area contributed by atoms with E-state index in [1.807, 2.05) is 0 Å². The summed E-state index contributed by atoms with van der Waals surface area (Å²) in [5, 5.41) is 3.61. The minimum Gasteiger partial charge on any atom is -0.389 e. The van der Waals surface area contributed by atoms with E-state index in [1.165, 1.54) is 24.5 Å². The second-order valence-electron chi connectivity index (χ2n) is 3.99. The van der Waals surface area contributed by atoms with Crippen LogP contribution in [-0.4, -0.2) is 30.1 Å². The standard InChI is InChI=1S/C11H11ClN4O3S2/c12-9-5-7(1-2-8(9)11(13)20)21(17,18)16-4-3-10-14-6-15-19-10/h1-2,5-6,16H,3-4H2,(H2,13,20). The van der Waals surface area contributed by atoms with Crippen molar-refractivity contribution in [1.82, 2.24) is 14.9 Å². The number of halogens is 1. The molecule has 0 spiro atoms. The minimum absolute atomic E-state index is 0.0260. The summed E-state index contributed by atoms with van der Waals surface area (Å²) in [6, 6.07) is 4.15. The molecule has 0 radical (unpaired) electrons. The number of nitrogens with one attached hydrogen (secondary N) is 1. The zero-order chi connectivity index (χ0) is 15.5. The third-order valence-corrected chi connectivity index (χ3v) is 4.55. The number of hydrogen-bond acceptors (Lipinski definition) is 6. The largest absolute Gasteiger partial charge is 0.389 e. The number of sulfonamides is 1. The second-order valence-corrected chi connectivity index (χ2v) is 6.60. The molecule has 3 N–H and O–H groups in total. The summed E-state index contributed by atoms with van der Waals surface area (Å²) < 4.78 is 31.4. The number of nitrogens with two attached hydrogens (primary N) is 1. The van der Waals surface area contributed by atoms with Gasteiger partial charge in [0.1, 0.15) is 4.99 Å². The summed E-state index contributed by atoms with van der Waals surface area (Å²) in [6.07, 6.45) is 1.54. The molecule has 7 nitrogen and oxygen atoms in total. The Labute approximate surface area is 131 Å². The highest BCUT2D eigenvalue weighted by molar-refractivity contribution is 7.89. The molecule has 0 saturated heterocycles. The lowest BCUT2D eigenvalue weighted by molar-refractivity contribution is 0.377. The van der Waals surface area contributed by atoms with Gasteiger partial charge in [-0.3, -0.25) is 0 Å². The third kappa shape index (κ3) is 3.97. The summed E-state index contributed by atoms with van der Waals surface area (Å²) in [5.41, 5.74) is 5.89. The molecule has 0 atom stereocenters. The van der Waals surface area contributed by atoms with Crippen molar-refractivity contribution in [3.8, 4) is 0 Å². The number of hydrogen-bond donors (Lipinski definition) is 2. The molecule has 0 amide bonds. The lowest BCUT2D eigenvalue weighted by Crippen LogP contribution is -2.26. The predicted octanol–water partition coefficient (Wildman–Crippen LogP) is 0.878. The van der Waals surface area contributed by atoms with Crippen LogP contribution in [-0.2, 0) is 16.4 Å². The maximum atomic E-state index is 12.1. The van der Waals surface area contributed by atoms with Crippen molar-refractivity contribution in [3.05, 3.63) is 41.0 Å². The van der Waals surface area contributed by atoms with Crippen molar-refractivity contribution >= 4 is 38.8 Å². The van der Waals surface area contributed by atoms with Crippen molar-refractivity contribution in [2.75, 3.05) is 6.54 Å². The lowest BCUT2D eigenvalue weighted by atomic mass is 10.2. The normalized spacial score (nSPS) is 11.5. The highest BCUT2D eigenvalue weighted by atomic mass is 35.5. The van der Waals surface area contributed by atoms with Gasteiger partial charge in [-0.25, -0.2) is 13.1 Å². The summed E-state index contributed by atoms with van der Waals surface area (Å²) in [5.74, 6) is 0.347. The molecule has 1 aromatic carbocycles. The first-order valence-corrected chi connectivity index (χ1v) is 8.01. The van der Waals surface area contributed by atoms with E-state index in [1.54, 1.807) is 0 Å². The summed E-state index contributed by atoms with van der Waals surface area (Å²) in [7, 11) is -3.69. The highest BCUT2D eigenvalue weighted by Crippen LogP contribution is 2.20. The fourth-order valence-corrected chi connectivity index (χ4v) is 3.18. The predicted molar refractivity (Wildman–Crippen MR) is 80.5 cm³/mol. The van der Waals surface area contributed by atoms with Gasteiger partial charge in [0.05, 0.1) is 9.92 Å². The Balaban J connectivity index is 2.08. The molecule has 10 heteroatoms. The van der Waals surface area contributed by atoms with Gasteiger partial charge in [0.2, 0.25) is 15.9 Å². The Bertz CT molecular complexity index is 747. The van der Waals surface area contributed by atoms with E-state index in [2.05, 4.69) is 14.9 Å². The van der Waals surface area contributed by atoms with Gasteiger partial charge in [-0.15, -0.1) is 0 Å². The third-order valence-electron chi connectivity index (χ3n) is 2.55. The first-order valence-electron chi connectivity index (χ1n) is 5.75. The van der Waals surface area contributed by atoms with Gasteiger partial charge in [0, 0.05) is 18.5 Å². The summed E-state index contributed by atoms with van der Waals surface area (Å²) in [4.78, 5) is 3.92.